The number of hydrogen-bond donors (Lipinski definition) is 1. The molecule has 1 N–H and O–H groups in total. The maximum Gasteiger partial charge on any atom is 0.168 e. The number of nitrogens with zero attached hydrogens (tertiary/aromatic N) is 2. The Morgan fingerprint density at radius 3 is 3.00 bits per heavy atom. The molecule has 94 valence electrons. The molecule has 0 amide bonds. The Morgan fingerprint density at radius 1 is 1.32 bits per heavy atom. The van der Waals surface area contributed by atoms with Crippen molar-refractivity contribution in [1.29, 1.82) is 0 Å². The van der Waals surface area contributed by atoms with Gasteiger partial charge in [-0.25, -0.2) is 4.98 Å². The summed E-state index contributed by atoms with van der Waals surface area (Å²) in [4.78, 5) is 23.5. The monoisotopic (exact) mass is 251 g/mol. The number of Topliss-reactive ketones (excluding diaryl/α,β-unsaturated/α-hetero) is 1. The second-order valence-corrected chi connectivity index (χ2v) is 4.58. The lowest BCUT2D eigenvalue weighted by atomic mass is 10.1. The fourth-order valence-corrected chi connectivity index (χ4v) is 2.11. The Bertz CT molecular complexity index is 731. The molecule has 0 spiro atoms. The number of fused-ring (bicyclic) bond motifs is 1. The van der Waals surface area contributed by atoms with Crippen LogP contribution < -0.4 is 0 Å². The molecular formula is C15H13N3O. The Kier molecular flexibility index (Phi) is 2.83. The number of carbonyl (C=O) groups is 1. The van der Waals surface area contributed by atoms with Crippen LogP contribution in [-0.4, -0.2) is 20.7 Å². The summed E-state index contributed by atoms with van der Waals surface area (Å²) < 4.78 is 0. The Labute approximate surface area is 110 Å². The molecule has 3 heterocycles. The molecule has 0 unspecified atom stereocenters. The van der Waals surface area contributed by atoms with Gasteiger partial charge in [-0.1, -0.05) is 0 Å². The topological polar surface area (TPSA) is 58.6 Å². The quantitative estimate of drug-likeness (QED) is 0.728. The van der Waals surface area contributed by atoms with Crippen LogP contribution in [0, 0.1) is 6.92 Å². The van der Waals surface area contributed by atoms with Crippen molar-refractivity contribution in [3.63, 3.8) is 0 Å². The molecule has 0 aromatic carbocycles. The van der Waals surface area contributed by atoms with Crippen LogP contribution in [0.5, 0.6) is 0 Å². The number of H-pyrrole nitrogens is 1. The highest BCUT2D eigenvalue weighted by molar-refractivity contribution is 5.97. The number of aryl methyl sites for hydroxylation is 1. The molecule has 3 aromatic rings. The zero-order valence-electron chi connectivity index (χ0n) is 10.6. The van der Waals surface area contributed by atoms with Crippen LogP contribution in [0.15, 0.2) is 42.9 Å². The molecule has 0 radical (unpaired) electrons. The van der Waals surface area contributed by atoms with Crippen molar-refractivity contribution in [1.82, 2.24) is 15.0 Å². The van der Waals surface area contributed by atoms with Crippen molar-refractivity contribution < 1.29 is 4.79 Å². The maximum atomic E-state index is 12.1. The normalized spacial score (nSPS) is 10.8. The molecule has 3 rings (SSSR count). The predicted octanol–water partition coefficient (Wildman–Crippen LogP) is 2.69. The number of carbonyl (C=O) groups excluding carboxylic acids is 1. The number of aromatic amines is 1. The van der Waals surface area contributed by atoms with Gasteiger partial charge in [0.1, 0.15) is 5.65 Å². The smallest absolute Gasteiger partial charge is 0.168 e. The lowest BCUT2D eigenvalue weighted by molar-refractivity contribution is 0.0992. The van der Waals surface area contributed by atoms with E-state index in [0.717, 1.165) is 22.3 Å². The third-order valence-electron chi connectivity index (χ3n) is 3.01. The molecule has 3 aromatic heterocycles. The van der Waals surface area contributed by atoms with Crippen molar-refractivity contribution >= 4 is 16.8 Å². The average molecular weight is 251 g/mol. The lowest BCUT2D eigenvalue weighted by Gasteiger charge is -2.01. The van der Waals surface area contributed by atoms with Crippen LogP contribution in [-0.2, 0) is 6.42 Å². The summed E-state index contributed by atoms with van der Waals surface area (Å²) in [6.45, 7) is 1.99. The minimum atomic E-state index is 0.0570. The fraction of sp³-hybridized carbons (Fsp3) is 0.133. The van der Waals surface area contributed by atoms with Crippen LogP contribution >= 0.6 is 0 Å². The summed E-state index contributed by atoms with van der Waals surface area (Å²) in [6, 6.07) is 7.58. The summed E-state index contributed by atoms with van der Waals surface area (Å²) >= 11 is 0. The van der Waals surface area contributed by atoms with Crippen molar-refractivity contribution in [2.75, 3.05) is 0 Å². The highest BCUT2D eigenvalue weighted by atomic mass is 16.1. The molecule has 0 fully saturated rings. The largest absolute Gasteiger partial charge is 0.344 e. The summed E-state index contributed by atoms with van der Waals surface area (Å²) in [5.41, 5.74) is 3.47. The molecule has 0 bridgehead atoms. The van der Waals surface area contributed by atoms with Crippen molar-refractivity contribution in [3.8, 4) is 0 Å². The first-order chi connectivity index (χ1) is 9.22. The van der Waals surface area contributed by atoms with Crippen molar-refractivity contribution in [2.24, 2.45) is 0 Å². The van der Waals surface area contributed by atoms with Crippen LogP contribution in [0.1, 0.15) is 21.6 Å². The van der Waals surface area contributed by atoms with E-state index in [4.69, 9.17) is 0 Å². The van der Waals surface area contributed by atoms with E-state index in [9.17, 15) is 4.79 Å². The third kappa shape index (κ3) is 2.38. The summed E-state index contributed by atoms with van der Waals surface area (Å²) in [5, 5.41) is 1.04. The van der Waals surface area contributed by atoms with Gasteiger partial charge in [-0.3, -0.25) is 9.78 Å². The molecule has 0 aliphatic rings. The number of ketones is 1. The van der Waals surface area contributed by atoms with E-state index in [1.54, 1.807) is 30.7 Å². The maximum absolute atomic E-state index is 12.1. The molecule has 0 saturated carbocycles. The van der Waals surface area contributed by atoms with E-state index in [2.05, 4.69) is 15.0 Å². The molecular weight excluding hydrogens is 238 g/mol. The summed E-state index contributed by atoms with van der Waals surface area (Å²) in [5.74, 6) is 0.0570. The molecule has 19 heavy (non-hydrogen) atoms. The SMILES string of the molecule is Cc1cc2cc(CC(=O)c3cccnc3)cnc2[nH]1. The first kappa shape index (κ1) is 11.6. The molecule has 0 aliphatic heterocycles. The molecule has 0 aliphatic carbocycles. The first-order valence-electron chi connectivity index (χ1n) is 6.10. The van der Waals surface area contributed by atoms with Gasteiger partial charge < -0.3 is 4.98 Å². The second kappa shape index (κ2) is 4.65. The van der Waals surface area contributed by atoms with Crippen LogP contribution in [0.2, 0.25) is 0 Å². The number of aromatic nitrogens is 3. The number of pyridine rings is 2. The van der Waals surface area contributed by atoms with Crippen LogP contribution in [0.4, 0.5) is 0 Å². The number of hydrogen-bond acceptors (Lipinski definition) is 3. The van der Waals surface area contributed by atoms with E-state index < -0.39 is 0 Å². The Balaban J connectivity index is 1.87. The van der Waals surface area contributed by atoms with Gasteiger partial charge in [0.25, 0.3) is 0 Å². The van der Waals surface area contributed by atoms with E-state index in [1.807, 2.05) is 19.1 Å². The molecule has 4 heteroatoms. The standard InChI is InChI=1S/C15H13N3O/c1-10-5-13-6-11(8-17-15(13)18-10)7-14(19)12-3-2-4-16-9-12/h2-6,8-9H,7H2,1H3,(H,17,18). The van der Waals surface area contributed by atoms with Gasteiger partial charge >= 0.3 is 0 Å². The van der Waals surface area contributed by atoms with E-state index in [1.165, 1.54) is 0 Å². The number of nitrogens with one attached hydrogen (secondary N) is 1. The predicted molar refractivity (Wildman–Crippen MR) is 73.1 cm³/mol. The van der Waals surface area contributed by atoms with E-state index in [0.29, 0.717) is 12.0 Å². The van der Waals surface area contributed by atoms with Crippen molar-refractivity contribution in [2.45, 2.75) is 13.3 Å². The zero-order chi connectivity index (χ0) is 13.2. The van der Waals surface area contributed by atoms with E-state index in [-0.39, 0.29) is 5.78 Å². The van der Waals surface area contributed by atoms with Gasteiger partial charge in [-0.15, -0.1) is 0 Å². The first-order valence-corrected chi connectivity index (χ1v) is 6.10. The Hall–Kier alpha value is -2.49. The second-order valence-electron chi connectivity index (χ2n) is 4.58. The fourth-order valence-electron chi connectivity index (χ4n) is 2.11. The van der Waals surface area contributed by atoms with Crippen molar-refractivity contribution in [3.05, 3.63) is 59.7 Å². The highest BCUT2D eigenvalue weighted by Gasteiger charge is 2.08. The summed E-state index contributed by atoms with van der Waals surface area (Å²) in [7, 11) is 0. The third-order valence-corrected chi connectivity index (χ3v) is 3.01. The minimum absolute atomic E-state index is 0.0570. The van der Waals surface area contributed by atoms with Gasteiger partial charge in [-0.2, -0.15) is 0 Å². The summed E-state index contributed by atoms with van der Waals surface area (Å²) in [6.07, 6.45) is 5.34. The average Bonchev–Trinajstić information content (AvgIpc) is 2.79. The number of rotatable bonds is 3. The van der Waals surface area contributed by atoms with Crippen LogP contribution in [0.25, 0.3) is 11.0 Å². The highest BCUT2D eigenvalue weighted by Crippen LogP contribution is 2.15. The van der Waals surface area contributed by atoms with Gasteiger partial charge in [0, 0.05) is 41.7 Å². The molecule has 0 atom stereocenters. The Morgan fingerprint density at radius 2 is 2.21 bits per heavy atom. The van der Waals surface area contributed by atoms with Crippen LogP contribution in [0.3, 0.4) is 0 Å². The zero-order valence-corrected chi connectivity index (χ0v) is 10.6. The van der Waals surface area contributed by atoms with Gasteiger partial charge in [-0.05, 0) is 36.8 Å². The minimum Gasteiger partial charge on any atom is -0.344 e. The molecule has 0 saturated heterocycles. The van der Waals surface area contributed by atoms with Gasteiger partial charge in [0.2, 0.25) is 0 Å². The van der Waals surface area contributed by atoms with Gasteiger partial charge in [0.05, 0.1) is 0 Å². The lowest BCUT2D eigenvalue weighted by Crippen LogP contribution is -2.04. The molecule has 4 nitrogen and oxygen atoms in total. The van der Waals surface area contributed by atoms with E-state index >= 15 is 0 Å². The van der Waals surface area contributed by atoms with Gasteiger partial charge in [0.15, 0.2) is 5.78 Å².